The average molecular weight is 343 g/mol. The maximum Gasteiger partial charge on any atom is 0.262 e. The Bertz CT molecular complexity index is 807. The molecular weight excluding hydrogens is 327 g/mol. The summed E-state index contributed by atoms with van der Waals surface area (Å²) in [4.78, 5) is 1.57. The van der Waals surface area contributed by atoms with E-state index in [0.717, 1.165) is 6.07 Å². The van der Waals surface area contributed by atoms with Crippen molar-refractivity contribution in [3.8, 4) is 0 Å². The molecule has 0 atom stereocenters. The lowest BCUT2D eigenvalue weighted by atomic mass is 10.2. The molecule has 0 saturated carbocycles. The van der Waals surface area contributed by atoms with Gasteiger partial charge in [-0.2, -0.15) is 0 Å². The molecule has 0 aromatic heterocycles. The zero-order valence-electron chi connectivity index (χ0n) is 12.4. The van der Waals surface area contributed by atoms with E-state index in [2.05, 4.69) is 4.72 Å². The number of benzene rings is 2. The lowest BCUT2D eigenvalue weighted by molar-refractivity contribution is 0.593. The highest BCUT2D eigenvalue weighted by Gasteiger charge is 2.19. The topological polar surface area (TPSA) is 49.4 Å². The van der Waals surface area contributed by atoms with E-state index in [9.17, 15) is 12.8 Å². The van der Waals surface area contributed by atoms with Crippen molar-refractivity contribution >= 4 is 33.0 Å². The fraction of sp³-hybridized carbons (Fsp3) is 0.200. The van der Waals surface area contributed by atoms with E-state index in [1.165, 1.54) is 12.1 Å². The highest BCUT2D eigenvalue weighted by atomic mass is 35.5. The van der Waals surface area contributed by atoms with E-state index in [1.54, 1.807) is 44.1 Å². The molecule has 0 bridgehead atoms. The minimum Gasteiger partial charge on any atom is -0.375 e. The average Bonchev–Trinajstić information content (AvgIpc) is 2.40. The minimum atomic E-state index is -3.90. The number of sulfonamides is 1. The van der Waals surface area contributed by atoms with Crippen LogP contribution >= 0.6 is 11.6 Å². The Balaban J connectivity index is 2.45. The third kappa shape index (κ3) is 3.34. The summed E-state index contributed by atoms with van der Waals surface area (Å²) in [5.74, 6) is -0.568. The quantitative estimate of drug-likeness (QED) is 0.922. The lowest BCUT2D eigenvalue weighted by Gasteiger charge is -2.20. The summed E-state index contributed by atoms with van der Waals surface area (Å²) in [7, 11) is -0.392. The van der Waals surface area contributed by atoms with Crippen molar-refractivity contribution in [3.63, 3.8) is 0 Å². The SMILES string of the molecule is Cc1ccc(S(=O)(=O)Nc2cccc(Cl)c2N(C)C)cc1F. The summed E-state index contributed by atoms with van der Waals surface area (Å²) < 4.78 is 40.9. The van der Waals surface area contributed by atoms with Crippen LogP contribution in [0.15, 0.2) is 41.3 Å². The van der Waals surface area contributed by atoms with Crippen LogP contribution in [-0.4, -0.2) is 22.5 Å². The molecule has 0 saturated heterocycles. The summed E-state index contributed by atoms with van der Waals surface area (Å²) in [5.41, 5.74) is 1.26. The van der Waals surface area contributed by atoms with Crippen LogP contribution in [0.25, 0.3) is 0 Å². The van der Waals surface area contributed by atoms with Crippen molar-refractivity contribution in [1.29, 1.82) is 0 Å². The first-order chi connectivity index (χ1) is 10.2. The summed E-state index contributed by atoms with van der Waals surface area (Å²) in [6.45, 7) is 1.57. The van der Waals surface area contributed by atoms with Crippen LogP contribution in [-0.2, 0) is 10.0 Å². The van der Waals surface area contributed by atoms with Gasteiger partial charge in [0.1, 0.15) is 5.82 Å². The van der Waals surface area contributed by atoms with Crippen LogP contribution < -0.4 is 9.62 Å². The van der Waals surface area contributed by atoms with E-state index >= 15 is 0 Å². The molecule has 0 fully saturated rings. The van der Waals surface area contributed by atoms with Gasteiger partial charge in [0.2, 0.25) is 0 Å². The zero-order valence-corrected chi connectivity index (χ0v) is 14.0. The standard InChI is InChI=1S/C15H16ClFN2O2S/c1-10-7-8-11(9-13(10)17)22(20,21)18-14-6-4-5-12(16)15(14)19(2)3/h4-9,18H,1-3H3. The monoisotopic (exact) mass is 342 g/mol. The predicted octanol–water partition coefficient (Wildman–Crippen LogP) is 3.65. The summed E-state index contributed by atoms with van der Waals surface area (Å²) in [6, 6.07) is 8.69. The van der Waals surface area contributed by atoms with Crippen molar-refractivity contribution in [3.05, 3.63) is 52.8 Å². The normalized spacial score (nSPS) is 11.3. The van der Waals surface area contributed by atoms with Crippen molar-refractivity contribution in [2.45, 2.75) is 11.8 Å². The fourth-order valence-electron chi connectivity index (χ4n) is 2.00. The van der Waals surface area contributed by atoms with Crippen molar-refractivity contribution in [1.82, 2.24) is 0 Å². The van der Waals surface area contributed by atoms with Gasteiger partial charge in [-0.05, 0) is 36.8 Å². The van der Waals surface area contributed by atoms with Crippen LogP contribution in [0.5, 0.6) is 0 Å². The molecule has 1 N–H and O–H groups in total. The third-order valence-electron chi connectivity index (χ3n) is 3.13. The molecule has 0 aliphatic rings. The van der Waals surface area contributed by atoms with Gasteiger partial charge in [-0.3, -0.25) is 4.72 Å². The fourth-order valence-corrected chi connectivity index (χ4v) is 3.42. The van der Waals surface area contributed by atoms with E-state index in [-0.39, 0.29) is 4.90 Å². The molecule has 0 radical (unpaired) electrons. The highest BCUT2D eigenvalue weighted by molar-refractivity contribution is 7.92. The van der Waals surface area contributed by atoms with E-state index in [0.29, 0.717) is 22.0 Å². The van der Waals surface area contributed by atoms with Gasteiger partial charge >= 0.3 is 0 Å². The molecule has 118 valence electrons. The second-order valence-electron chi connectivity index (χ2n) is 5.05. The van der Waals surface area contributed by atoms with Crippen LogP contribution in [0, 0.1) is 12.7 Å². The Morgan fingerprint density at radius 3 is 2.45 bits per heavy atom. The maximum atomic E-state index is 13.6. The first-order valence-electron chi connectivity index (χ1n) is 6.47. The molecule has 0 aliphatic carbocycles. The Morgan fingerprint density at radius 1 is 1.18 bits per heavy atom. The van der Waals surface area contributed by atoms with Crippen molar-refractivity contribution in [2.24, 2.45) is 0 Å². The number of nitrogens with zero attached hydrogens (tertiary/aromatic N) is 1. The number of aryl methyl sites for hydroxylation is 1. The molecule has 0 spiro atoms. The number of rotatable bonds is 4. The van der Waals surface area contributed by atoms with E-state index in [1.807, 2.05) is 0 Å². The summed E-state index contributed by atoms with van der Waals surface area (Å²) in [5, 5.41) is 0.417. The second kappa shape index (κ2) is 6.14. The molecule has 2 aromatic carbocycles. The number of hydrogen-bond acceptors (Lipinski definition) is 3. The Morgan fingerprint density at radius 2 is 1.86 bits per heavy atom. The smallest absolute Gasteiger partial charge is 0.262 e. The molecule has 2 aromatic rings. The van der Waals surface area contributed by atoms with Gasteiger partial charge < -0.3 is 4.90 Å². The first-order valence-corrected chi connectivity index (χ1v) is 8.33. The largest absolute Gasteiger partial charge is 0.375 e. The minimum absolute atomic E-state index is 0.139. The van der Waals surface area contributed by atoms with Gasteiger partial charge in [0.05, 0.1) is 21.3 Å². The molecule has 7 heteroatoms. The van der Waals surface area contributed by atoms with Crippen LogP contribution in [0.2, 0.25) is 5.02 Å². The van der Waals surface area contributed by atoms with Gasteiger partial charge in [0, 0.05) is 14.1 Å². The van der Waals surface area contributed by atoms with Crippen LogP contribution in [0.3, 0.4) is 0 Å². The highest BCUT2D eigenvalue weighted by Crippen LogP contribution is 2.33. The van der Waals surface area contributed by atoms with E-state index in [4.69, 9.17) is 11.6 Å². The summed E-state index contributed by atoms with van der Waals surface area (Å²) in [6.07, 6.45) is 0. The van der Waals surface area contributed by atoms with Crippen LogP contribution in [0.1, 0.15) is 5.56 Å². The molecule has 22 heavy (non-hydrogen) atoms. The lowest BCUT2D eigenvalue weighted by Crippen LogP contribution is -2.17. The third-order valence-corrected chi connectivity index (χ3v) is 4.80. The molecule has 0 aliphatic heterocycles. The Hall–Kier alpha value is -1.79. The molecular formula is C15H16ClFN2O2S. The second-order valence-corrected chi connectivity index (χ2v) is 7.14. The van der Waals surface area contributed by atoms with Crippen molar-refractivity contribution < 1.29 is 12.8 Å². The number of para-hydroxylation sites is 1. The molecule has 2 rings (SSSR count). The van der Waals surface area contributed by atoms with Gasteiger partial charge in [-0.25, -0.2) is 12.8 Å². The number of hydrogen-bond donors (Lipinski definition) is 1. The molecule has 4 nitrogen and oxygen atoms in total. The molecule has 0 amide bonds. The predicted molar refractivity (Wildman–Crippen MR) is 87.7 cm³/mol. The van der Waals surface area contributed by atoms with Crippen LogP contribution in [0.4, 0.5) is 15.8 Å². The number of nitrogens with one attached hydrogen (secondary N) is 1. The molecule has 0 unspecified atom stereocenters. The first kappa shape index (κ1) is 16.6. The van der Waals surface area contributed by atoms with Gasteiger partial charge in [-0.15, -0.1) is 0 Å². The Kier molecular flexibility index (Phi) is 4.63. The van der Waals surface area contributed by atoms with E-state index < -0.39 is 15.8 Å². The van der Waals surface area contributed by atoms with Crippen molar-refractivity contribution in [2.75, 3.05) is 23.7 Å². The Labute approximate surface area is 134 Å². The maximum absolute atomic E-state index is 13.6. The number of anilines is 2. The van der Waals surface area contributed by atoms with Gasteiger partial charge in [0.15, 0.2) is 0 Å². The van der Waals surface area contributed by atoms with Gasteiger partial charge in [-0.1, -0.05) is 23.7 Å². The van der Waals surface area contributed by atoms with Gasteiger partial charge in [0.25, 0.3) is 10.0 Å². The zero-order chi connectivity index (χ0) is 16.5. The number of halogens is 2. The summed E-state index contributed by atoms with van der Waals surface area (Å²) >= 11 is 6.11. The molecule has 0 heterocycles.